The summed E-state index contributed by atoms with van der Waals surface area (Å²) in [7, 11) is 1.65. The molecule has 2 aromatic rings. The molecule has 1 saturated heterocycles. The molecule has 4 rings (SSSR count). The molecule has 1 atom stereocenters. The molecule has 1 aromatic carbocycles. The molecule has 26 heavy (non-hydrogen) atoms. The van der Waals surface area contributed by atoms with Crippen molar-refractivity contribution in [3.63, 3.8) is 0 Å². The van der Waals surface area contributed by atoms with Crippen molar-refractivity contribution in [1.29, 1.82) is 0 Å². The summed E-state index contributed by atoms with van der Waals surface area (Å²) in [5, 5.41) is 10.0. The average Bonchev–Trinajstić information content (AvgIpc) is 3.10. The normalized spacial score (nSPS) is 20.5. The molecule has 2 fully saturated rings. The summed E-state index contributed by atoms with van der Waals surface area (Å²) in [6.07, 6.45) is 7.02. The van der Waals surface area contributed by atoms with Gasteiger partial charge in [-0.05, 0) is 37.0 Å². The van der Waals surface area contributed by atoms with E-state index in [0.29, 0.717) is 11.9 Å². The number of H-pyrrole nitrogens is 1. The predicted octanol–water partition coefficient (Wildman–Crippen LogP) is 3.84. The lowest BCUT2D eigenvalue weighted by atomic mass is 9.89. The Morgan fingerprint density at radius 1 is 1.27 bits per heavy atom. The molecule has 0 radical (unpaired) electrons. The van der Waals surface area contributed by atoms with Crippen LogP contribution >= 0.6 is 0 Å². The molecular weight excluding hydrogens is 330 g/mol. The van der Waals surface area contributed by atoms with Crippen LogP contribution in [0.3, 0.4) is 0 Å². The number of hydrogen-bond acceptors (Lipinski definition) is 4. The number of methoxy groups -OCH3 is 1. The molecule has 0 unspecified atom stereocenters. The number of carbonyl (C=O) groups excluding carboxylic acids is 1. The third-order valence-electron chi connectivity index (χ3n) is 5.47. The molecule has 1 aliphatic heterocycles. The van der Waals surface area contributed by atoms with E-state index < -0.39 is 0 Å². The zero-order valence-electron chi connectivity index (χ0n) is 15.1. The van der Waals surface area contributed by atoms with Crippen molar-refractivity contribution in [2.45, 2.75) is 50.5 Å². The fraction of sp³-hybridized carbons (Fsp3) is 0.526. The first-order chi connectivity index (χ1) is 12.7. The number of aromatic amines is 1. The number of likely N-dealkylation sites (tertiary alicyclic amines) is 1. The van der Waals surface area contributed by atoms with Gasteiger partial charge in [0, 0.05) is 12.5 Å². The Hall–Kier alpha value is -2.57. The number of aromatic nitrogens is 3. The van der Waals surface area contributed by atoms with Crippen LogP contribution in [-0.4, -0.2) is 39.8 Å². The fourth-order valence-electron chi connectivity index (χ4n) is 3.88. The topological polar surface area (TPSA) is 83.1 Å². The Morgan fingerprint density at radius 2 is 2.12 bits per heavy atom. The van der Waals surface area contributed by atoms with Crippen LogP contribution in [0.25, 0.3) is 0 Å². The van der Waals surface area contributed by atoms with Gasteiger partial charge in [-0.15, -0.1) is 5.10 Å². The third-order valence-corrected chi connectivity index (χ3v) is 5.47. The first kappa shape index (κ1) is 16.9. The lowest BCUT2D eigenvalue weighted by molar-refractivity contribution is 0.126. The zero-order chi connectivity index (χ0) is 17.9. The maximum Gasteiger partial charge on any atom is 0.324 e. The van der Waals surface area contributed by atoms with E-state index in [0.717, 1.165) is 42.9 Å². The summed E-state index contributed by atoms with van der Waals surface area (Å²) in [5.74, 6) is 2.51. The van der Waals surface area contributed by atoms with Crippen molar-refractivity contribution in [3.05, 3.63) is 35.7 Å². The van der Waals surface area contributed by atoms with Gasteiger partial charge in [0.2, 0.25) is 5.95 Å². The van der Waals surface area contributed by atoms with E-state index >= 15 is 0 Å². The first-order valence-corrected chi connectivity index (χ1v) is 9.38. The minimum atomic E-state index is -0.154. The highest BCUT2D eigenvalue weighted by molar-refractivity contribution is 5.88. The third kappa shape index (κ3) is 3.38. The van der Waals surface area contributed by atoms with Gasteiger partial charge in [0.05, 0.1) is 13.2 Å². The molecule has 138 valence electrons. The highest BCUT2D eigenvalue weighted by atomic mass is 16.5. The smallest absolute Gasteiger partial charge is 0.324 e. The lowest BCUT2D eigenvalue weighted by Gasteiger charge is -2.40. The van der Waals surface area contributed by atoms with Gasteiger partial charge in [-0.25, -0.2) is 4.79 Å². The van der Waals surface area contributed by atoms with Crippen molar-refractivity contribution in [1.82, 2.24) is 20.1 Å². The maximum atomic E-state index is 12.6. The molecule has 1 aliphatic carbocycles. The van der Waals surface area contributed by atoms with Crippen LogP contribution in [0.1, 0.15) is 61.9 Å². The summed E-state index contributed by atoms with van der Waals surface area (Å²) in [6, 6.07) is 7.79. The Labute approximate surface area is 153 Å². The number of ether oxygens (including phenoxy) is 1. The molecule has 1 aromatic heterocycles. The first-order valence-electron chi connectivity index (χ1n) is 9.38. The number of nitrogens with one attached hydrogen (secondary N) is 2. The van der Waals surface area contributed by atoms with Crippen LogP contribution < -0.4 is 10.1 Å². The molecule has 2 amide bonds. The number of urea groups is 1. The van der Waals surface area contributed by atoms with E-state index in [1.807, 2.05) is 29.2 Å². The molecule has 7 heteroatoms. The van der Waals surface area contributed by atoms with Gasteiger partial charge >= 0.3 is 6.03 Å². The molecular formula is C19H25N5O2. The van der Waals surface area contributed by atoms with Gasteiger partial charge < -0.3 is 9.64 Å². The fourth-order valence-corrected chi connectivity index (χ4v) is 3.88. The minimum absolute atomic E-state index is 0.0712. The van der Waals surface area contributed by atoms with Crippen LogP contribution in [-0.2, 0) is 0 Å². The standard InChI is InChI=1S/C19H25N5O2/c1-26-15-9-5-8-14(12-15)16-10-11-24(16)19(25)21-18-20-17(22-23-18)13-6-3-2-4-7-13/h5,8-9,12-13,16H,2-4,6-7,10-11H2,1H3,(H2,20,21,22,23,25)/t16-/m0/s1. The van der Waals surface area contributed by atoms with Gasteiger partial charge in [-0.1, -0.05) is 31.4 Å². The Bertz CT molecular complexity index is 769. The molecule has 7 nitrogen and oxygen atoms in total. The maximum absolute atomic E-state index is 12.6. The second kappa shape index (κ2) is 7.35. The summed E-state index contributed by atoms with van der Waals surface area (Å²) in [4.78, 5) is 18.9. The molecule has 0 bridgehead atoms. The number of anilines is 1. The number of nitrogens with zero attached hydrogens (tertiary/aromatic N) is 3. The van der Waals surface area contributed by atoms with Crippen molar-refractivity contribution in [3.8, 4) is 5.75 Å². The minimum Gasteiger partial charge on any atom is -0.497 e. The van der Waals surface area contributed by atoms with Gasteiger partial charge in [0.25, 0.3) is 0 Å². The Morgan fingerprint density at radius 3 is 2.85 bits per heavy atom. The molecule has 2 aliphatic rings. The van der Waals surface area contributed by atoms with Crippen LogP contribution in [0.2, 0.25) is 0 Å². The van der Waals surface area contributed by atoms with E-state index in [-0.39, 0.29) is 12.1 Å². The number of benzene rings is 1. The van der Waals surface area contributed by atoms with Crippen LogP contribution in [0, 0.1) is 0 Å². The van der Waals surface area contributed by atoms with Gasteiger partial charge in [-0.3, -0.25) is 10.4 Å². The second-order valence-corrected chi connectivity index (χ2v) is 7.08. The number of carbonyl (C=O) groups is 1. The van der Waals surface area contributed by atoms with Crippen molar-refractivity contribution >= 4 is 12.0 Å². The Kier molecular flexibility index (Phi) is 4.77. The predicted molar refractivity (Wildman–Crippen MR) is 98.3 cm³/mol. The second-order valence-electron chi connectivity index (χ2n) is 7.08. The van der Waals surface area contributed by atoms with Crippen LogP contribution in [0.15, 0.2) is 24.3 Å². The monoisotopic (exact) mass is 355 g/mol. The van der Waals surface area contributed by atoms with Crippen LogP contribution in [0.5, 0.6) is 5.75 Å². The van der Waals surface area contributed by atoms with E-state index in [1.54, 1.807) is 7.11 Å². The largest absolute Gasteiger partial charge is 0.497 e. The van der Waals surface area contributed by atoms with E-state index in [9.17, 15) is 4.79 Å². The SMILES string of the molecule is COc1cccc([C@@H]2CCN2C(=O)Nc2n[nH]c(C3CCCCC3)n2)c1. The van der Waals surface area contributed by atoms with E-state index in [2.05, 4.69) is 20.5 Å². The number of hydrogen-bond donors (Lipinski definition) is 2. The molecule has 1 saturated carbocycles. The van der Waals surface area contributed by atoms with Crippen molar-refractivity contribution in [2.24, 2.45) is 0 Å². The van der Waals surface area contributed by atoms with E-state index in [1.165, 1.54) is 19.3 Å². The number of amides is 2. The Balaban J connectivity index is 1.39. The summed E-state index contributed by atoms with van der Waals surface area (Å²) in [5.41, 5.74) is 1.09. The number of rotatable bonds is 4. The lowest BCUT2D eigenvalue weighted by Crippen LogP contribution is -2.47. The summed E-state index contributed by atoms with van der Waals surface area (Å²) >= 11 is 0. The van der Waals surface area contributed by atoms with Crippen LogP contribution in [0.4, 0.5) is 10.7 Å². The van der Waals surface area contributed by atoms with Gasteiger partial charge in [-0.2, -0.15) is 4.98 Å². The van der Waals surface area contributed by atoms with Crippen molar-refractivity contribution in [2.75, 3.05) is 19.0 Å². The van der Waals surface area contributed by atoms with Crippen molar-refractivity contribution < 1.29 is 9.53 Å². The quantitative estimate of drug-likeness (QED) is 0.873. The molecule has 2 N–H and O–H groups in total. The van der Waals surface area contributed by atoms with Gasteiger partial charge in [0.1, 0.15) is 11.6 Å². The molecule has 0 spiro atoms. The highest BCUT2D eigenvalue weighted by Crippen LogP contribution is 2.35. The summed E-state index contributed by atoms with van der Waals surface area (Å²) in [6.45, 7) is 0.730. The summed E-state index contributed by atoms with van der Waals surface area (Å²) < 4.78 is 5.28. The van der Waals surface area contributed by atoms with E-state index in [4.69, 9.17) is 4.74 Å². The highest BCUT2D eigenvalue weighted by Gasteiger charge is 2.34. The molecule has 2 heterocycles. The van der Waals surface area contributed by atoms with Gasteiger partial charge in [0.15, 0.2) is 0 Å². The average molecular weight is 355 g/mol. The zero-order valence-corrected chi connectivity index (χ0v) is 15.1.